The molecule has 0 radical (unpaired) electrons. The van der Waals surface area contributed by atoms with Gasteiger partial charge in [0.25, 0.3) is 5.91 Å². The van der Waals surface area contributed by atoms with Crippen LogP contribution >= 0.6 is 12.4 Å². The van der Waals surface area contributed by atoms with Crippen LogP contribution in [0.4, 0.5) is 5.69 Å². The summed E-state index contributed by atoms with van der Waals surface area (Å²) < 4.78 is 0. The van der Waals surface area contributed by atoms with Crippen molar-refractivity contribution in [2.75, 3.05) is 18.4 Å². The van der Waals surface area contributed by atoms with Gasteiger partial charge in [0, 0.05) is 22.7 Å². The largest absolute Gasteiger partial charge is 0.347 e. The predicted molar refractivity (Wildman–Crippen MR) is 95.1 cm³/mol. The first-order chi connectivity index (χ1) is 10.3. The molecule has 128 valence electrons. The lowest BCUT2D eigenvalue weighted by atomic mass is 9.97. The normalized spacial score (nSPS) is 15.4. The molecule has 1 fully saturated rings. The minimum Gasteiger partial charge on any atom is -0.347 e. The molecule has 0 bridgehead atoms. The molecular weight excluding hydrogens is 314 g/mol. The fourth-order valence-corrected chi connectivity index (χ4v) is 2.48. The van der Waals surface area contributed by atoms with E-state index in [0.29, 0.717) is 11.3 Å². The molecule has 1 aliphatic heterocycles. The monoisotopic (exact) mass is 339 g/mol. The van der Waals surface area contributed by atoms with E-state index < -0.39 is 0 Å². The van der Waals surface area contributed by atoms with Gasteiger partial charge in [-0.25, -0.2) is 0 Å². The van der Waals surface area contributed by atoms with Crippen LogP contribution in [0.2, 0.25) is 0 Å². The van der Waals surface area contributed by atoms with E-state index in [4.69, 9.17) is 0 Å². The Morgan fingerprint density at radius 3 is 2.43 bits per heavy atom. The smallest absolute Gasteiger partial charge is 0.251 e. The highest BCUT2D eigenvalue weighted by atomic mass is 35.5. The highest BCUT2D eigenvalue weighted by Crippen LogP contribution is 2.17. The third-order valence-corrected chi connectivity index (χ3v) is 3.59. The third-order valence-electron chi connectivity index (χ3n) is 3.59. The number of halogens is 1. The summed E-state index contributed by atoms with van der Waals surface area (Å²) in [5.41, 5.74) is 0.939. The summed E-state index contributed by atoms with van der Waals surface area (Å²) in [6.45, 7) is 7.58. The van der Waals surface area contributed by atoms with E-state index in [1.165, 1.54) is 0 Å². The third kappa shape index (κ3) is 6.20. The molecule has 5 nitrogen and oxygen atoms in total. The zero-order chi connectivity index (χ0) is 16.2. The van der Waals surface area contributed by atoms with Crippen LogP contribution in [-0.4, -0.2) is 30.4 Å². The summed E-state index contributed by atoms with van der Waals surface area (Å²) in [6.07, 6.45) is 1.71. The minimum atomic E-state index is -0.286. The van der Waals surface area contributed by atoms with Gasteiger partial charge in [-0.05, 0) is 64.9 Å². The number of hydrogen-bond donors (Lipinski definition) is 3. The molecule has 6 heteroatoms. The summed E-state index contributed by atoms with van der Waals surface area (Å²) in [7, 11) is 0. The number of anilines is 1. The Morgan fingerprint density at radius 2 is 1.83 bits per heavy atom. The molecule has 0 atom stereocenters. The Bertz CT molecular complexity index is 549. The van der Waals surface area contributed by atoms with E-state index in [9.17, 15) is 9.59 Å². The Kier molecular flexibility index (Phi) is 7.03. The quantitative estimate of drug-likeness (QED) is 0.792. The number of carbonyl (C=O) groups is 2. The maximum atomic E-state index is 12.2. The second-order valence-corrected chi connectivity index (χ2v) is 6.80. The molecule has 1 aromatic rings. The molecule has 0 aromatic heterocycles. The first-order valence-electron chi connectivity index (χ1n) is 7.79. The molecule has 1 aliphatic rings. The van der Waals surface area contributed by atoms with Crippen molar-refractivity contribution >= 4 is 29.9 Å². The van der Waals surface area contributed by atoms with Crippen molar-refractivity contribution in [2.45, 2.75) is 39.2 Å². The van der Waals surface area contributed by atoms with Gasteiger partial charge < -0.3 is 16.0 Å². The van der Waals surface area contributed by atoms with Gasteiger partial charge in [0.1, 0.15) is 0 Å². The molecule has 1 saturated heterocycles. The van der Waals surface area contributed by atoms with E-state index in [-0.39, 0.29) is 35.7 Å². The van der Waals surface area contributed by atoms with Crippen molar-refractivity contribution in [3.05, 3.63) is 29.8 Å². The second-order valence-electron chi connectivity index (χ2n) is 6.80. The average Bonchev–Trinajstić information content (AvgIpc) is 2.46. The molecule has 23 heavy (non-hydrogen) atoms. The zero-order valence-electron chi connectivity index (χ0n) is 13.9. The van der Waals surface area contributed by atoms with Crippen molar-refractivity contribution in [3.63, 3.8) is 0 Å². The van der Waals surface area contributed by atoms with E-state index in [0.717, 1.165) is 25.9 Å². The van der Waals surface area contributed by atoms with Gasteiger partial charge in [-0.3, -0.25) is 9.59 Å². The van der Waals surface area contributed by atoms with Crippen molar-refractivity contribution in [3.8, 4) is 0 Å². The molecule has 0 saturated carbocycles. The molecule has 1 heterocycles. The molecule has 2 rings (SSSR count). The van der Waals surface area contributed by atoms with Gasteiger partial charge in [-0.1, -0.05) is 6.07 Å². The number of amides is 2. The van der Waals surface area contributed by atoms with Crippen LogP contribution in [0.25, 0.3) is 0 Å². The lowest BCUT2D eigenvalue weighted by molar-refractivity contribution is -0.120. The molecule has 3 N–H and O–H groups in total. The number of hydrogen-bond acceptors (Lipinski definition) is 3. The average molecular weight is 340 g/mol. The van der Waals surface area contributed by atoms with Crippen molar-refractivity contribution in [2.24, 2.45) is 5.92 Å². The van der Waals surface area contributed by atoms with Crippen molar-refractivity contribution in [1.82, 2.24) is 10.6 Å². The lowest BCUT2D eigenvalue weighted by Crippen LogP contribution is -2.40. The molecule has 1 aromatic carbocycles. The molecule has 0 spiro atoms. The molecule has 2 amide bonds. The van der Waals surface area contributed by atoms with Crippen LogP contribution in [-0.2, 0) is 4.79 Å². The number of rotatable bonds is 3. The van der Waals surface area contributed by atoms with E-state index in [2.05, 4.69) is 16.0 Å². The van der Waals surface area contributed by atoms with Gasteiger partial charge >= 0.3 is 0 Å². The Labute approximate surface area is 144 Å². The topological polar surface area (TPSA) is 70.2 Å². The maximum Gasteiger partial charge on any atom is 0.251 e. The molecule has 0 unspecified atom stereocenters. The second kappa shape index (κ2) is 8.31. The SMILES string of the molecule is CC(C)(C)NC(=O)c1cccc(NC(=O)C2CCNCC2)c1.Cl. The van der Waals surface area contributed by atoms with Crippen LogP contribution in [0.1, 0.15) is 44.0 Å². The number of nitrogens with one attached hydrogen (secondary N) is 3. The maximum absolute atomic E-state index is 12.2. The van der Waals surface area contributed by atoms with Crippen molar-refractivity contribution < 1.29 is 9.59 Å². The molecule has 0 aliphatic carbocycles. The van der Waals surface area contributed by atoms with Gasteiger partial charge in [-0.15, -0.1) is 12.4 Å². The number of carbonyl (C=O) groups excluding carboxylic acids is 2. The Balaban J connectivity index is 0.00000264. The highest BCUT2D eigenvalue weighted by Gasteiger charge is 2.21. The summed E-state index contributed by atoms with van der Waals surface area (Å²) in [5, 5.41) is 9.09. The fourth-order valence-electron chi connectivity index (χ4n) is 2.48. The van der Waals surface area contributed by atoms with Crippen molar-refractivity contribution in [1.29, 1.82) is 0 Å². The van der Waals surface area contributed by atoms with E-state index in [1.807, 2.05) is 26.8 Å². The van der Waals surface area contributed by atoms with Crippen LogP contribution in [0.15, 0.2) is 24.3 Å². The first-order valence-corrected chi connectivity index (χ1v) is 7.79. The summed E-state index contributed by atoms with van der Waals surface area (Å²) in [6, 6.07) is 7.07. The predicted octanol–water partition coefficient (Wildman–Crippen LogP) is 2.57. The van der Waals surface area contributed by atoms with Gasteiger partial charge in [0.2, 0.25) is 5.91 Å². The zero-order valence-corrected chi connectivity index (χ0v) is 14.8. The van der Waals surface area contributed by atoms with Crippen LogP contribution in [0.5, 0.6) is 0 Å². The molecular formula is C17H26ClN3O2. The number of piperidine rings is 1. The fraction of sp³-hybridized carbons (Fsp3) is 0.529. The van der Waals surface area contributed by atoms with Crippen LogP contribution in [0, 0.1) is 5.92 Å². The van der Waals surface area contributed by atoms with Crippen LogP contribution in [0.3, 0.4) is 0 Å². The lowest BCUT2D eigenvalue weighted by Gasteiger charge is -2.22. The first kappa shape index (κ1) is 19.5. The Morgan fingerprint density at radius 1 is 1.17 bits per heavy atom. The van der Waals surface area contributed by atoms with E-state index in [1.54, 1.807) is 18.2 Å². The van der Waals surface area contributed by atoms with Gasteiger partial charge in [0.15, 0.2) is 0 Å². The minimum absolute atomic E-state index is 0. The standard InChI is InChI=1S/C17H25N3O2.ClH/c1-17(2,3)20-16(22)13-5-4-6-14(11-13)19-15(21)12-7-9-18-10-8-12;/h4-6,11-12,18H,7-10H2,1-3H3,(H,19,21)(H,20,22);1H. The number of benzene rings is 1. The summed E-state index contributed by atoms with van der Waals surface area (Å²) in [4.78, 5) is 24.4. The van der Waals surface area contributed by atoms with Gasteiger partial charge in [-0.2, -0.15) is 0 Å². The highest BCUT2D eigenvalue weighted by molar-refractivity contribution is 5.98. The van der Waals surface area contributed by atoms with Crippen LogP contribution < -0.4 is 16.0 Å². The summed E-state index contributed by atoms with van der Waals surface area (Å²) in [5.74, 6) is -0.0475. The Hall–Kier alpha value is -1.59. The van der Waals surface area contributed by atoms with Gasteiger partial charge in [0.05, 0.1) is 0 Å². The van der Waals surface area contributed by atoms with E-state index >= 15 is 0 Å². The summed E-state index contributed by atoms with van der Waals surface area (Å²) >= 11 is 0.